The number of benzene rings is 3. The van der Waals surface area contributed by atoms with Crippen molar-refractivity contribution in [2.45, 2.75) is 19.7 Å². The summed E-state index contributed by atoms with van der Waals surface area (Å²) in [7, 11) is 1.55. The van der Waals surface area contributed by atoms with Gasteiger partial charge in [0.15, 0.2) is 5.69 Å². The van der Waals surface area contributed by atoms with E-state index < -0.39 is 29.2 Å². The van der Waals surface area contributed by atoms with Gasteiger partial charge in [-0.15, -0.1) is 0 Å². The minimum atomic E-state index is -4.75. The van der Waals surface area contributed by atoms with Crippen LogP contribution in [-0.2, 0) is 17.5 Å². The van der Waals surface area contributed by atoms with E-state index in [1.807, 2.05) is 6.07 Å². The predicted octanol–water partition coefficient (Wildman–Crippen LogP) is 9.32. The highest BCUT2D eigenvalue weighted by molar-refractivity contribution is 6.44. The average molecular weight is 891 g/mol. The maximum absolute atomic E-state index is 13.0. The Morgan fingerprint density at radius 2 is 1.05 bits per heavy atom. The molecule has 0 aliphatic heterocycles. The van der Waals surface area contributed by atoms with Gasteiger partial charge in [-0.25, -0.2) is 15.0 Å². The molecule has 0 aliphatic carbocycles. The van der Waals surface area contributed by atoms with Crippen LogP contribution in [0.2, 0.25) is 30.1 Å². The highest BCUT2D eigenvalue weighted by Gasteiger charge is 2.38. The maximum atomic E-state index is 13.0. The Bertz CT molecular complexity index is 2380. The number of ether oxygens (including phenoxy) is 1. The van der Waals surface area contributed by atoms with E-state index in [4.69, 9.17) is 109 Å². The Hall–Kier alpha value is -4.81. The molecular formula is C34H29Cl6F3N12O. The van der Waals surface area contributed by atoms with Crippen LogP contribution in [0.4, 0.5) is 48.5 Å². The van der Waals surface area contributed by atoms with Crippen molar-refractivity contribution in [1.82, 2.24) is 29.9 Å². The largest absolute Gasteiger partial charge is 0.434 e. The number of hydrogen-bond donors (Lipinski definition) is 6. The third kappa shape index (κ3) is 10.3. The third-order valence-electron chi connectivity index (χ3n) is 7.31. The topological polar surface area (TPSA) is 243 Å². The van der Waals surface area contributed by atoms with Gasteiger partial charge >= 0.3 is 6.18 Å². The number of aromatic nitrogens is 6. The molecular weight excluding hydrogens is 862 g/mol. The summed E-state index contributed by atoms with van der Waals surface area (Å²) in [6, 6.07) is 14.6. The van der Waals surface area contributed by atoms with E-state index in [-0.39, 0.29) is 39.9 Å². The van der Waals surface area contributed by atoms with Crippen molar-refractivity contribution < 1.29 is 17.9 Å². The molecule has 0 unspecified atom stereocenters. The molecule has 3 aromatic heterocycles. The first kappa shape index (κ1) is 43.9. The molecule has 12 N–H and O–H groups in total. The molecule has 3 heterocycles. The number of nitrogen functional groups attached to an aromatic ring is 6. The van der Waals surface area contributed by atoms with Gasteiger partial charge in [-0.3, -0.25) is 0 Å². The van der Waals surface area contributed by atoms with E-state index in [1.54, 1.807) is 44.4 Å². The zero-order valence-electron chi connectivity index (χ0n) is 28.9. The van der Waals surface area contributed by atoms with E-state index in [9.17, 15) is 13.2 Å². The molecule has 0 bridgehead atoms. The number of methoxy groups -OCH3 is 1. The second-order valence-electron chi connectivity index (χ2n) is 11.2. The second-order valence-corrected chi connectivity index (χ2v) is 13.6. The van der Waals surface area contributed by atoms with Crippen LogP contribution in [-0.4, -0.2) is 37.0 Å². The number of nitrogens with zero attached hydrogens (tertiary/aromatic N) is 6. The van der Waals surface area contributed by atoms with Crippen LogP contribution < -0.4 is 34.4 Å². The summed E-state index contributed by atoms with van der Waals surface area (Å²) >= 11 is 35.9. The molecule has 0 aliphatic rings. The SMILES string of the molecule is COCc1nc(N)nc(N)c1-c1cccc(Cl)c1Cl.Cc1nc(N)nc(N)c1-c1cccc(Cl)c1Cl.Nc1nc(N)c(-c2ccc(Cl)cc2Cl)c(C(F)(F)F)n1. The van der Waals surface area contributed by atoms with Gasteiger partial charge in [0.05, 0.1) is 48.7 Å². The standard InChI is InChI=1S/C12H12Cl2N4O.C11H7Cl2F3N4.C11H10Cl2N4/c1-19-5-8-9(11(15)18-12(16)17-8)6-3-2-4-7(13)10(6)14;12-4-1-2-5(6(13)3-4)7-8(11(14,15)16)19-10(18)20-9(7)17;1-5-8(10(14)17-11(15)16-5)6-3-2-4-7(12)9(6)13/h2-4H,5H2,1H3,(H4,15,16,17,18);1-3H,(H4,17,18,19,20);2-4H,1H3,(H4,14,15,16,17). The summed E-state index contributed by atoms with van der Waals surface area (Å²) in [4.78, 5) is 22.8. The molecule has 3 aromatic carbocycles. The molecule has 0 amide bonds. The lowest BCUT2D eigenvalue weighted by Crippen LogP contribution is -2.15. The molecule has 56 heavy (non-hydrogen) atoms. The Morgan fingerprint density at radius 1 is 0.571 bits per heavy atom. The number of halogens is 9. The molecule has 6 rings (SSSR count). The number of hydrogen-bond acceptors (Lipinski definition) is 13. The zero-order valence-corrected chi connectivity index (χ0v) is 33.4. The molecule has 0 atom stereocenters. The molecule has 0 spiro atoms. The van der Waals surface area contributed by atoms with Gasteiger partial charge in [-0.1, -0.05) is 99.9 Å². The van der Waals surface area contributed by atoms with Crippen molar-refractivity contribution in [1.29, 1.82) is 0 Å². The molecule has 0 fully saturated rings. The summed E-state index contributed by atoms with van der Waals surface area (Å²) < 4.78 is 44.2. The second kappa shape index (κ2) is 18.4. The fourth-order valence-electron chi connectivity index (χ4n) is 5.08. The van der Waals surface area contributed by atoms with Crippen molar-refractivity contribution in [3.8, 4) is 33.4 Å². The van der Waals surface area contributed by atoms with Crippen molar-refractivity contribution in [3.05, 3.63) is 102 Å². The van der Waals surface area contributed by atoms with Gasteiger partial charge in [-0.05, 0) is 31.2 Å². The lowest BCUT2D eigenvalue weighted by Gasteiger charge is -2.15. The van der Waals surface area contributed by atoms with Crippen LogP contribution >= 0.6 is 69.6 Å². The first-order valence-corrected chi connectivity index (χ1v) is 17.7. The van der Waals surface area contributed by atoms with E-state index in [2.05, 4.69) is 29.9 Å². The fraction of sp³-hybridized carbons (Fsp3) is 0.118. The lowest BCUT2D eigenvalue weighted by molar-refractivity contribution is -0.140. The number of anilines is 6. The first-order chi connectivity index (χ1) is 26.2. The van der Waals surface area contributed by atoms with Crippen LogP contribution in [0, 0.1) is 6.92 Å². The Labute approximate surface area is 347 Å². The smallest absolute Gasteiger partial charge is 0.383 e. The molecule has 294 valence electrons. The summed E-state index contributed by atoms with van der Waals surface area (Å²) in [6.07, 6.45) is -4.75. The Kier molecular flexibility index (Phi) is 14.4. The van der Waals surface area contributed by atoms with Crippen LogP contribution in [0.5, 0.6) is 0 Å². The number of alkyl halides is 3. The highest BCUT2D eigenvalue weighted by atomic mass is 35.5. The van der Waals surface area contributed by atoms with Gasteiger partial charge in [0.1, 0.15) is 17.5 Å². The van der Waals surface area contributed by atoms with Crippen molar-refractivity contribution >= 4 is 105 Å². The highest BCUT2D eigenvalue weighted by Crippen LogP contribution is 2.42. The van der Waals surface area contributed by atoms with E-state index in [0.717, 1.165) is 0 Å². The summed E-state index contributed by atoms with van der Waals surface area (Å²) in [6.45, 7) is 2.04. The third-order valence-corrected chi connectivity index (χ3v) is 9.50. The zero-order chi connectivity index (χ0) is 41.6. The number of aryl methyl sites for hydroxylation is 1. The first-order valence-electron chi connectivity index (χ1n) is 15.4. The number of nitrogens with two attached hydrogens (primary N) is 6. The minimum Gasteiger partial charge on any atom is -0.383 e. The molecule has 22 heteroatoms. The van der Waals surface area contributed by atoms with Gasteiger partial charge in [-0.2, -0.15) is 28.1 Å². The van der Waals surface area contributed by atoms with Gasteiger partial charge in [0.2, 0.25) is 17.8 Å². The summed E-state index contributed by atoms with van der Waals surface area (Å²) in [5.74, 6) is -0.214. The van der Waals surface area contributed by atoms with E-state index in [1.165, 1.54) is 18.2 Å². The average Bonchev–Trinajstić information content (AvgIpc) is 3.08. The molecule has 0 saturated carbocycles. The fourth-order valence-corrected chi connectivity index (χ4v) is 6.38. The van der Waals surface area contributed by atoms with Gasteiger partial charge in [0, 0.05) is 39.9 Å². The minimum absolute atomic E-state index is 0.00284. The van der Waals surface area contributed by atoms with Crippen molar-refractivity contribution in [3.63, 3.8) is 0 Å². The molecule has 0 saturated heterocycles. The van der Waals surface area contributed by atoms with E-state index >= 15 is 0 Å². The van der Waals surface area contributed by atoms with Crippen molar-refractivity contribution in [2.75, 3.05) is 41.5 Å². The van der Waals surface area contributed by atoms with Crippen LogP contribution in [0.25, 0.3) is 33.4 Å². The monoisotopic (exact) mass is 888 g/mol. The van der Waals surface area contributed by atoms with Crippen LogP contribution in [0.1, 0.15) is 17.1 Å². The predicted molar refractivity (Wildman–Crippen MR) is 219 cm³/mol. The normalized spacial score (nSPS) is 11.0. The summed E-state index contributed by atoms with van der Waals surface area (Å²) in [5.41, 5.74) is 35.8. The summed E-state index contributed by atoms with van der Waals surface area (Å²) in [5, 5.41) is 1.99. The maximum Gasteiger partial charge on any atom is 0.434 e. The van der Waals surface area contributed by atoms with Gasteiger partial charge < -0.3 is 39.1 Å². The molecule has 13 nitrogen and oxygen atoms in total. The Balaban J connectivity index is 0.000000187. The van der Waals surface area contributed by atoms with Crippen LogP contribution in [0.3, 0.4) is 0 Å². The molecule has 0 radical (unpaired) electrons. The van der Waals surface area contributed by atoms with Gasteiger partial charge in [0.25, 0.3) is 0 Å². The van der Waals surface area contributed by atoms with Crippen molar-refractivity contribution in [2.24, 2.45) is 0 Å². The quantitative estimate of drug-likeness (QED) is 0.0946. The number of rotatable bonds is 5. The lowest BCUT2D eigenvalue weighted by atomic mass is 10.0. The van der Waals surface area contributed by atoms with E-state index in [0.29, 0.717) is 59.6 Å². The van der Waals surface area contributed by atoms with Crippen LogP contribution in [0.15, 0.2) is 54.6 Å². The molecule has 6 aromatic rings. The Morgan fingerprint density at radius 3 is 1.55 bits per heavy atom.